The zero-order valence-electron chi connectivity index (χ0n) is 15.7. The van der Waals surface area contributed by atoms with Gasteiger partial charge in [-0.2, -0.15) is 0 Å². The molecule has 1 heterocycles. The Morgan fingerprint density at radius 3 is 2.38 bits per heavy atom. The fraction of sp³-hybridized carbons (Fsp3) is 0.706. The van der Waals surface area contributed by atoms with Crippen molar-refractivity contribution >= 4 is 13.4 Å². The van der Waals surface area contributed by atoms with E-state index in [0.29, 0.717) is 17.9 Å². The molecular weight excluding hydrogens is 326 g/mol. The van der Waals surface area contributed by atoms with Gasteiger partial charge in [0.15, 0.2) is 0 Å². The van der Waals surface area contributed by atoms with Crippen LogP contribution >= 0.6 is 0 Å². The third-order valence-corrected chi connectivity index (χ3v) is 5.90. The highest BCUT2D eigenvalue weighted by Gasteiger charge is 2.33. The zero-order valence-corrected chi connectivity index (χ0v) is 16.7. The molecule has 24 heavy (non-hydrogen) atoms. The summed E-state index contributed by atoms with van der Waals surface area (Å²) in [5.74, 6) is 0.464. The molecule has 0 bridgehead atoms. The number of methoxy groups -OCH3 is 2. The second kappa shape index (κ2) is 8.91. The minimum absolute atomic E-state index is 0.102. The van der Waals surface area contributed by atoms with E-state index in [1.165, 1.54) is 0 Å². The smallest absolute Gasteiger partial charge is 0.218 e. The van der Waals surface area contributed by atoms with Crippen molar-refractivity contribution in [3.63, 3.8) is 0 Å². The van der Waals surface area contributed by atoms with Crippen LogP contribution in [0.3, 0.4) is 0 Å². The first-order valence-corrected chi connectivity index (χ1v) is 11.7. The Hall–Kier alpha value is -0.993. The molecule has 1 rings (SSSR count). The van der Waals surface area contributed by atoms with Crippen molar-refractivity contribution in [2.24, 2.45) is 0 Å². The van der Waals surface area contributed by atoms with E-state index >= 15 is 0 Å². The topological polar surface area (TPSA) is 81.0 Å². The van der Waals surface area contributed by atoms with Gasteiger partial charge in [-0.1, -0.05) is 26.6 Å². The number of aliphatic hydroxyl groups is 2. The van der Waals surface area contributed by atoms with E-state index in [2.05, 4.69) is 24.6 Å². The molecule has 7 heteroatoms. The summed E-state index contributed by atoms with van der Waals surface area (Å²) in [7, 11) is 1.40. The molecule has 0 saturated heterocycles. The van der Waals surface area contributed by atoms with Crippen molar-refractivity contribution in [3.8, 4) is 5.88 Å². The van der Waals surface area contributed by atoms with Crippen molar-refractivity contribution in [1.82, 2.24) is 4.98 Å². The normalized spacial score (nSPS) is 14.5. The predicted molar refractivity (Wildman–Crippen MR) is 96.3 cm³/mol. The molecule has 2 N–H and O–H groups in total. The standard InChI is InChI=1S/C17H31NO5Si/c1-7-17(20,8-9-19)14-10-15(24(4,5)6)18-16(22-3)13(14)11-23-12-21-2/h10,19-20H,7-9,11-12H2,1-6H3/t17-/m1/s1. The SMILES string of the molecule is CC[C@@](O)(CCO)c1cc([Si](C)(C)C)nc(OC)c1COCOC. The number of ether oxygens (including phenoxy) is 3. The lowest BCUT2D eigenvalue weighted by Gasteiger charge is -2.31. The fourth-order valence-corrected chi connectivity index (χ4v) is 3.58. The van der Waals surface area contributed by atoms with Crippen molar-refractivity contribution in [2.45, 2.75) is 51.6 Å². The molecule has 138 valence electrons. The van der Waals surface area contributed by atoms with Crippen molar-refractivity contribution in [2.75, 3.05) is 27.6 Å². The molecule has 1 atom stereocenters. The van der Waals surface area contributed by atoms with Gasteiger partial charge in [-0.25, -0.2) is 4.98 Å². The van der Waals surface area contributed by atoms with Gasteiger partial charge in [0.25, 0.3) is 0 Å². The first-order valence-electron chi connectivity index (χ1n) is 8.22. The number of hydrogen-bond acceptors (Lipinski definition) is 6. The summed E-state index contributed by atoms with van der Waals surface area (Å²) in [6, 6.07) is 1.96. The maximum Gasteiger partial charge on any atom is 0.218 e. The molecule has 0 aliphatic carbocycles. The van der Waals surface area contributed by atoms with Gasteiger partial charge in [0.05, 0.1) is 19.3 Å². The molecule has 0 aliphatic heterocycles. The van der Waals surface area contributed by atoms with Crippen molar-refractivity contribution in [3.05, 3.63) is 17.2 Å². The number of rotatable bonds is 10. The number of pyridine rings is 1. The van der Waals surface area contributed by atoms with Crippen LogP contribution in [0.2, 0.25) is 19.6 Å². The molecule has 0 aromatic carbocycles. The molecule has 6 nitrogen and oxygen atoms in total. The first kappa shape index (κ1) is 21.1. The summed E-state index contributed by atoms with van der Waals surface area (Å²) in [6.45, 7) is 8.73. The molecule has 0 unspecified atom stereocenters. The van der Waals surface area contributed by atoms with E-state index in [9.17, 15) is 10.2 Å². The first-order chi connectivity index (χ1) is 11.2. The van der Waals surface area contributed by atoms with Crippen molar-refractivity contribution < 1.29 is 24.4 Å². The number of hydrogen-bond donors (Lipinski definition) is 2. The second-order valence-electron chi connectivity index (χ2n) is 6.91. The van der Waals surface area contributed by atoms with Crippen LogP contribution in [0.4, 0.5) is 0 Å². The molecule has 1 aromatic rings. The quantitative estimate of drug-likeness (QED) is 0.377. The van der Waals surface area contributed by atoms with Crippen LogP contribution in [0.15, 0.2) is 6.07 Å². The second-order valence-corrected chi connectivity index (χ2v) is 11.9. The van der Waals surface area contributed by atoms with Gasteiger partial charge in [-0.3, -0.25) is 0 Å². The Morgan fingerprint density at radius 2 is 1.92 bits per heavy atom. The number of nitrogens with zero attached hydrogens (tertiary/aromatic N) is 1. The Labute approximate surface area is 145 Å². The highest BCUT2D eigenvalue weighted by Crippen LogP contribution is 2.34. The summed E-state index contributed by atoms with van der Waals surface area (Å²) in [6.07, 6.45) is 0.724. The fourth-order valence-electron chi connectivity index (χ4n) is 2.57. The van der Waals surface area contributed by atoms with E-state index in [1.54, 1.807) is 14.2 Å². The van der Waals surface area contributed by atoms with Gasteiger partial charge in [-0.15, -0.1) is 0 Å². The summed E-state index contributed by atoms with van der Waals surface area (Å²) in [4.78, 5) is 4.65. The lowest BCUT2D eigenvalue weighted by Crippen LogP contribution is -2.42. The van der Waals surface area contributed by atoms with Gasteiger partial charge in [0, 0.05) is 31.0 Å². The van der Waals surface area contributed by atoms with Crippen LogP contribution in [-0.2, 0) is 21.7 Å². The molecule has 0 fully saturated rings. The molecule has 0 radical (unpaired) electrons. The van der Waals surface area contributed by atoms with Gasteiger partial charge < -0.3 is 24.4 Å². The highest BCUT2D eigenvalue weighted by molar-refractivity contribution is 6.88. The minimum Gasteiger partial charge on any atom is -0.481 e. The predicted octanol–water partition coefficient (Wildman–Crippen LogP) is 1.74. The largest absolute Gasteiger partial charge is 0.481 e. The van der Waals surface area contributed by atoms with Crippen LogP contribution in [0, 0.1) is 0 Å². The third kappa shape index (κ3) is 5.00. The summed E-state index contributed by atoms with van der Waals surface area (Å²) < 4.78 is 15.9. The Bertz CT molecular complexity index is 532. The van der Waals surface area contributed by atoms with Crippen LogP contribution < -0.4 is 10.1 Å². The van der Waals surface area contributed by atoms with Crippen molar-refractivity contribution in [1.29, 1.82) is 0 Å². The summed E-state index contributed by atoms with van der Waals surface area (Å²) in [5.41, 5.74) is 0.277. The van der Waals surface area contributed by atoms with E-state index in [-0.39, 0.29) is 26.4 Å². The third-order valence-electron chi connectivity index (χ3n) is 4.11. The Morgan fingerprint density at radius 1 is 1.25 bits per heavy atom. The molecule has 1 aromatic heterocycles. The Kier molecular flexibility index (Phi) is 7.82. The Balaban J connectivity index is 3.52. The minimum atomic E-state index is -1.72. The van der Waals surface area contributed by atoms with Crippen LogP contribution in [0.1, 0.15) is 30.9 Å². The van der Waals surface area contributed by atoms with Gasteiger partial charge in [0.1, 0.15) is 14.9 Å². The molecule has 0 aliphatic rings. The number of aromatic nitrogens is 1. The van der Waals surface area contributed by atoms with Crippen LogP contribution in [0.25, 0.3) is 0 Å². The average molecular weight is 358 g/mol. The van der Waals surface area contributed by atoms with Crippen LogP contribution in [-0.4, -0.2) is 50.9 Å². The highest BCUT2D eigenvalue weighted by atomic mass is 28.3. The van der Waals surface area contributed by atoms with E-state index in [4.69, 9.17) is 14.2 Å². The molecular formula is C17H31NO5Si. The number of aliphatic hydroxyl groups excluding tert-OH is 1. The molecule has 0 saturated carbocycles. The maximum absolute atomic E-state index is 11.1. The van der Waals surface area contributed by atoms with Gasteiger partial charge in [0.2, 0.25) is 5.88 Å². The summed E-state index contributed by atoms with van der Waals surface area (Å²) >= 11 is 0. The monoisotopic (exact) mass is 357 g/mol. The van der Waals surface area contributed by atoms with Gasteiger partial charge >= 0.3 is 0 Å². The zero-order chi connectivity index (χ0) is 18.4. The molecule has 0 spiro atoms. The van der Waals surface area contributed by atoms with E-state index < -0.39 is 13.7 Å². The summed E-state index contributed by atoms with van der Waals surface area (Å²) in [5, 5.41) is 21.5. The lowest BCUT2D eigenvalue weighted by atomic mass is 9.86. The maximum atomic E-state index is 11.1. The van der Waals surface area contributed by atoms with Crippen LogP contribution in [0.5, 0.6) is 5.88 Å². The lowest BCUT2D eigenvalue weighted by molar-refractivity contribution is -0.0427. The van der Waals surface area contributed by atoms with E-state index in [1.807, 2.05) is 13.0 Å². The average Bonchev–Trinajstić information content (AvgIpc) is 2.53. The molecule has 0 amide bonds. The van der Waals surface area contributed by atoms with Gasteiger partial charge in [-0.05, 0) is 18.1 Å². The van der Waals surface area contributed by atoms with E-state index in [0.717, 1.165) is 10.9 Å².